The molecular formula is C14H15ClFNO. The fraction of sp³-hybridized carbons (Fsp3) is 0.286. The van der Waals surface area contributed by atoms with Crippen molar-refractivity contribution in [2.75, 3.05) is 6.54 Å². The van der Waals surface area contributed by atoms with Crippen molar-refractivity contribution in [1.82, 2.24) is 5.32 Å². The van der Waals surface area contributed by atoms with Gasteiger partial charge in [-0.1, -0.05) is 24.6 Å². The van der Waals surface area contributed by atoms with Crippen molar-refractivity contribution in [3.8, 4) is 0 Å². The molecule has 1 atom stereocenters. The van der Waals surface area contributed by atoms with Crippen molar-refractivity contribution < 1.29 is 8.81 Å². The van der Waals surface area contributed by atoms with Gasteiger partial charge in [-0.25, -0.2) is 4.39 Å². The summed E-state index contributed by atoms with van der Waals surface area (Å²) >= 11 is 6.10. The highest BCUT2D eigenvalue weighted by Gasteiger charge is 2.22. The van der Waals surface area contributed by atoms with E-state index in [0.717, 1.165) is 5.76 Å². The molecule has 0 fully saturated rings. The Bertz CT molecular complexity index is 518. The maximum atomic E-state index is 14.0. The molecule has 0 bridgehead atoms. The number of nitrogens with one attached hydrogen (secondary N) is 1. The van der Waals surface area contributed by atoms with E-state index in [4.69, 9.17) is 16.0 Å². The minimum atomic E-state index is -0.364. The van der Waals surface area contributed by atoms with E-state index >= 15 is 0 Å². The first kappa shape index (κ1) is 13.1. The predicted octanol–water partition coefficient (Wildman–Crippen LogP) is 4.08. The summed E-state index contributed by atoms with van der Waals surface area (Å²) in [6.45, 7) is 4.50. The van der Waals surface area contributed by atoms with Crippen LogP contribution in [0.15, 0.2) is 34.7 Å². The summed E-state index contributed by atoms with van der Waals surface area (Å²) in [7, 11) is 0. The number of aryl methyl sites for hydroxylation is 1. The molecule has 0 aliphatic carbocycles. The van der Waals surface area contributed by atoms with Crippen molar-refractivity contribution in [2.24, 2.45) is 0 Å². The Kier molecular flexibility index (Phi) is 4.04. The first-order chi connectivity index (χ1) is 8.63. The zero-order valence-corrected chi connectivity index (χ0v) is 11.1. The second-order valence-corrected chi connectivity index (χ2v) is 4.48. The normalized spacial score (nSPS) is 12.7. The number of rotatable bonds is 4. The van der Waals surface area contributed by atoms with Gasteiger partial charge in [0.2, 0.25) is 0 Å². The molecular weight excluding hydrogens is 253 g/mol. The molecule has 2 aromatic rings. The van der Waals surface area contributed by atoms with Gasteiger partial charge in [-0.05, 0) is 37.7 Å². The van der Waals surface area contributed by atoms with Gasteiger partial charge in [-0.2, -0.15) is 0 Å². The van der Waals surface area contributed by atoms with Crippen LogP contribution in [-0.4, -0.2) is 6.54 Å². The van der Waals surface area contributed by atoms with Gasteiger partial charge in [0.05, 0.1) is 6.04 Å². The molecule has 18 heavy (non-hydrogen) atoms. The molecule has 0 aliphatic heterocycles. The van der Waals surface area contributed by atoms with Crippen molar-refractivity contribution >= 4 is 11.6 Å². The van der Waals surface area contributed by atoms with Crippen molar-refractivity contribution in [1.29, 1.82) is 0 Å². The summed E-state index contributed by atoms with van der Waals surface area (Å²) in [5, 5.41) is 3.59. The van der Waals surface area contributed by atoms with Crippen LogP contribution in [0.1, 0.15) is 30.0 Å². The summed E-state index contributed by atoms with van der Waals surface area (Å²) in [6.07, 6.45) is 0. The van der Waals surface area contributed by atoms with Crippen LogP contribution in [0.25, 0.3) is 0 Å². The number of halogens is 2. The number of hydrogen-bond donors (Lipinski definition) is 1. The van der Waals surface area contributed by atoms with E-state index in [2.05, 4.69) is 5.32 Å². The Balaban J connectivity index is 2.47. The predicted molar refractivity (Wildman–Crippen MR) is 70.4 cm³/mol. The molecule has 0 saturated carbocycles. The molecule has 0 amide bonds. The summed E-state index contributed by atoms with van der Waals surface area (Å²) in [5.74, 6) is 1.13. The molecule has 1 unspecified atom stereocenters. The standard InChI is InChI=1S/C14H15ClFNO/c1-3-17-14(12-8-7-9(2)18-12)13-10(15)5-4-6-11(13)16/h4-8,14,17H,3H2,1-2H3. The zero-order valence-electron chi connectivity index (χ0n) is 10.3. The fourth-order valence-electron chi connectivity index (χ4n) is 1.94. The summed E-state index contributed by atoms with van der Waals surface area (Å²) in [6, 6.07) is 8.01. The van der Waals surface area contributed by atoms with Gasteiger partial charge in [0.25, 0.3) is 0 Å². The molecule has 0 spiro atoms. The summed E-state index contributed by atoms with van der Waals surface area (Å²) in [5.41, 5.74) is 0.426. The monoisotopic (exact) mass is 267 g/mol. The lowest BCUT2D eigenvalue weighted by Crippen LogP contribution is -2.23. The molecule has 0 saturated heterocycles. The van der Waals surface area contributed by atoms with Crippen LogP contribution in [0.2, 0.25) is 5.02 Å². The van der Waals surface area contributed by atoms with Crippen LogP contribution < -0.4 is 5.32 Å². The minimum Gasteiger partial charge on any atom is -0.464 e. The molecule has 0 aliphatic rings. The van der Waals surface area contributed by atoms with E-state index in [9.17, 15) is 4.39 Å². The molecule has 0 radical (unpaired) electrons. The third-order valence-electron chi connectivity index (χ3n) is 2.74. The first-order valence-electron chi connectivity index (χ1n) is 5.87. The van der Waals surface area contributed by atoms with E-state index in [1.165, 1.54) is 6.07 Å². The average molecular weight is 268 g/mol. The Morgan fingerprint density at radius 2 is 2.11 bits per heavy atom. The van der Waals surface area contributed by atoms with Gasteiger partial charge in [0.15, 0.2) is 0 Å². The topological polar surface area (TPSA) is 25.2 Å². The van der Waals surface area contributed by atoms with Crippen molar-refractivity contribution in [3.63, 3.8) is 0 Å². The van der Waals surface area contributed by atoms with Crippen molar-refractivity contribution in [3.05, 3.63) is 58.3 Å². The van der Waals surface area contributed by atoms with Crippen molar-refractivity contribution in [2.45, 2.75) is 19.9 Å². The van der Waals surface area contributed by atoms with Gasteiger partial charge >= 0.3 is 0 Å². The van der Waals surface area contributed by atoms with Crippen LogP contribution in [0.5, 0.6) is 0 Å². The van der Waals surface area contributed by atoms with Crippen LogP contribution >= 0.6 is 11.6 Å². The Labute approximate surface area is 111 Å². The SMILES string of the molecule is CCNC(c1ccc(C)o1)c1c(F)cccc1Cl. The Hall–Kier alpha value is -1.32. The highest BCUT2D eigenvalue weighted by Crippen LogP contribution is 2.31. The van der Waals surface area contributed by atoms with Gasteiger partial charge in [0.1, 0.15) is 17.3 Å². The maximum absolute atomic E-state index is 14.0. The second-order valence-electron chi connectivity index (χ2n) is 4.07. The van der Waals surface area contributed by atoms with Gasteiger partial charge < -0.3 is 9.73 Å². The van der Waals surface area contributed by atoms with Crippen LogP contribution in [0, 0.1) is 12.7 Å². The molecule has 1 N–H and O–H groups in total. The Morgan fingerprint density at radius 1 is 1.33 bits per heavy atom. The average Bonchev–Trinajstić information content (AvgIpc) is 2.74. The lowest BCUT2D eigenvalue weighted by Gasteiger charge is -2.18. The summed E-state index contributed by atoms with van der Waals surface area (Å²) in [4.78, 5) is 0. The lowest BCUT2D eigenvalue weighted by molar-refractivity contribution is 0.426. The van der Waals surface area contributed by atoms with Gasteiger partial charge in [-0.15, -0.1) is 0 Å². The highest BCUT2D eigenvalue weighted by atomic mass is 35.5. The quantitative estimate of drug-likeness (QED) is 0.903. The minimum absolute atomic E-state index is 0.331. The molecule has 2 rings (SSSR count). The molecule has 2 nitrogen and oxygen atoms in total. The first-order valence-corrected chi connectivity index (χ1v) is 6.25. The highest BCUT2D eigenvalue weighted by molar-refractivity contribution is 6.31. The van der Waals surface area contributed by atoms with E-state index in [1.807, 2.05) is 26.0 Å². The van der Waals surface area contributed by atoms with Crippen LogP contribution in [0.4, 0.5) is 4.39 Å². The molecule has 1 heterocycles. The molecule has 96 valence electrons. The molecule has 4 heteroatoms. The second kappa shape index (κ2) is 5.55. The van der Waals surface area contributed by atoms with Gasteiger partial charge in [-0.3, -0.25) is 0 Å². The van der Waals surface area contributed by atoms with E-state index in [0.29, 0.717) is 22.9 Å². The number of benzene rings is 1. The van der Waals surface area contributed by atoms with E-state index in [-0.39, 0.29) is 11.9 Å². The lowest BCUT2D eigenvalue weighted by atomic mass is 10.0. The third-order valence-corrected chi connectivity index (χ3v) is 3.07. The largest absolute Gasteiger partial charge is 0.464 e. The maximum Gasteiger partial charge on any atom is 0.129 e. The molecule has 1 aromatic heterocycles. The van der Waals surface area contributed by atoms with Crippen LogP contribution in [-0.2, 0) is 0 Å². The fourth-order valence-corrected chi connectivity index (χ4v) is 2.22. The molecule has 1 aromatic carbocycles. The van der Waals surface area contributed by atoms with E-state index in [1.54, 1.807) is 12.1 Å². The third kappa shape index (κ3) is 2.57. The van der Waals surface area contributed by atoms with Gasteiger partial charge in [0, 0.05) is 10.6 Å². The number of furan rings is 1. The summed E-state index contributed by atoms with van der Waals surface area (Å²) < 4.78 is 19.5. The Morgan fingerprint density at radius 3 is 2.67 bits per heavy atom. The van der Waals surface area contributed by atoms with E-state index < -0.39 is 0 Å². The zero-order chi connectivity index (χ0) is 13.1. The number of hydrogen-bond acceptors (Lipinski definition) is 2. The smallest absolute Gasteiger partial charge is 0.129 e. The van der Waals surface area contributed by atoms with Crippen LogP contribution in [0.3, 0.4) is 0 Å².